The van der Waals surface area contributed by atoms with E-state index in [1.165, 1.54) is 42.6 Å². The molecule has 0 aliphatic rings. The molecule has 1 N–H and O–H groups in total. The van der Waals surface area contributed by atoms with Gasteiger partial charge in [-0.2, -0.15) is 0 Å². The summed E-state index contributed by atoms with van der Waals surface area (Å²) in [7, 11) is -7.39. The predicted molar refractivity (Wildman–Crippen MR) is 119 cm³/mol. The Bertz CT molecular complexity index is 1310. The van der Waals surface area contributed by atoms with Crippen LogP contribution in [0.3, 0.4) is 0 Å². The monoisotopic (exact) mass is 500 g/mol. The standard InChI is InChI=1S/C21H19ClF2N2O4S2/c1-31(27,28)11-10-25-20-9-2-14(13-26-20)21(18-12-16(23)5-8-19(18)24)32(29,30)17-6-3-15(22)4-7-17/h2-9,12-13,21H,10-11H2,1H3,(H,25,26). The molecule has 2 aromatic carbocycles. The minimum atomic E-state index is -4.22. The van der Waals surface area contributed by atoms with E-state index in [9.17, 15) is 25.6 Å². The van der Waals surface area contributed by atoms with Crippen LogP contribution in [-0.4, -0.2) is 40.4 Å². The van der Waals surface area contributed by atoms with Crippen molar-refractivity contribution in [2.24, 2.45) is 0 Å². The number of rotatable bonds is 8. The second-order valence-corrected chi connectivity index (χ2v) is 11.8. The maximum absolute atomic E-state index is 14.6. The van der Waals surface area contributed by atoms with Crippen molar-refractivity contribution in [2.45, 2.75) is 10.1 Å². The molecule has 0 amide bonds. The molecule has 6 nitrogen and oxygen atoms in total. The van der Waals surface area contributed by atoms with E-state index in [-0.39, 0.29) is 28.3 Å². The maximum Gasteiger partial charge on any atom is 0.189 e. The largest absolute Gasteiger partial charge is 0.369 e. The molecule has 11 heteroatoms. The lowest BCUT2D eigenvalue weighted by Crippen LogP contribution is -2.18. The molecule has 3 rings (SSSR count). The zero-order chi connectivity index (χ0) is 23.5. The van der Waals surface area contributed by atoms with Crippen molar-refractivity contribution in [3.8, 4) is 0 Å². The molecule has 1 unspecified atom stereocenters. The zero-order valence-corrected chi connectivity index (χ0v) is 19.2. The lowest BCUT2D eigenvalue weighted by atomic mass is 10.1. The van der Waals surface area contributed by atoms with Crippen LogP contribution in [0.2, 0.25) is 5.02 Å². The molecule has 0 radical (unpaired) electrons. The number of hydrogen-bond acceptors (Lipinski definition) is 6. The molecule has 0 fully saturated rings. The van der Waals surface area contributed by atoms with Crippen LogP contribution in [-0.2, 0) is 19.7 Å². The Morgan fingerprint density at radius 2 is 1.69 bits per heavy atom. The van der Waals surface area contributed by atoms with Crippen molar-refractivity contribution in [2.75, 3.05) is 23.9 Å². The highest BCUT2D eigenvalue weighted by Crippen LogP contribution is 2.37. The number of nitrogens with one attached hydrogen (secondary N) is 1. The first-order valence-corrected chi connectivity index (χ1v) is 13.3. The molecule has 0 spiro atoms. The second kappa shape index (κ2) is 9.51. The number of benzene rings is 2. The number of hydrogen-bond donors (Lipinski definition) is 1. The van der Waals surface area contributed by atoms with Gasteiger partial charge < -0.3 is 5.32 Å². The molecule has 1 aromatic heterocycles. The SMILES string of the molecule is CS(=O)(=O)CCNc1ccc(C(c2cc(F)ccc2F)S(=O)(=O)c2ccc(Cl)cc2)cn1. The van der Waals surface area contributed by atoms with E-state index >= 15 is 0 Å². The Kier molecular flexibility index (Phi) is 7.16. The number of nitrogens with zero attached hydrogens (tertiary/aromatic N) is 1. The first-order chi connectivity index (χ1) is 15.0. The molecule has 1 heterocycles. The van der Waals surface area contributed by atoms with Gasteiger partial charge in [-0.15, -0.1) is 0 Å². The Labute approximate surface area is 190 Å². The van der Waals surface area contributed by atoms with Gasteiger partial charge in [-0.1, -0.05) is 17.7 Å². The quantitative estimate of drug-likeness (QED) is 0.502. The molecule has 0 aliphatic heterocycles. The molecular formula is C21H19ClF2N2O4S2. The molecule has 0 saturated carbocycles. The number of pyridine rings is 1. The van der Waals surface area contributed by atoms with Gasteiger partial charge in [-0.05, 0) is 54.1 Å². The van der Waals surface area contributed by atoms with Gasteiger partial charge >= 0.3 is 0 Å². The van der Waals surface area contributed by atoms with E-state index in [0.29, 0.717) is 10.8 Å². The van der Waals surface area contributed by atoms with Crippen molar-refractivity contribution in [3.63, 3.8) is 0 Å². The van der Waals surface area contributed by atoms with E-state index in [2.05, 4.69) is 10.3 Å². The fourth-order valence-corrected chi connectivity index (χ4v) is 5.43. The molecule has 170 valence electrons. The average molecular weight is 501 g/mol. The van der Waals surface area contributed by atoms with E-state index in [0.717, 1.165) is 24.5 Å². The summed E-state index contributed by atoms with van der Waals surface area (Å²) in [6, 6.07) is 10.8. The van der Waals surface area contributed by atoms with Gasteiger partial charge in [0.15, 0.2) is 9.84 Å². The van der Waals surface area contributed by atoms with E-state index in [4.69, 9.17) is 11.6 Å². The van der Waals surface area contributed by atoms with Crippen molar-refractivity contribution in [1.82, 2.24) is 4.98 Å². The maximum atomic E-state index is 14.6. The van der Waals surface area contributed by atoms with Crippen molar-refractivity contribution < 1.29 is 25.6 Å². The van der Waals surface area contributed by atoms with Crippen molar-refractivity contribution >= 4 is 37.1 Å². The molecule has 0 bridgehead atoms. The Morgan fingerprint density at radius 3 is 2.28 bits per heavy atom. The van der Waals surface area contributed by atoms with Gasteiger partial charge in [-0.3, -0.25) is 0 Å². The minimum absolute atomic E-state index is 0.107. The summed E-state index contributed by atoms with van der Waals surface area (Å²) in [5.74, 6) is -1.48. The van der Waals surface area contributed by atoms with E-state index in [1.807, 2.05) is 0 Å². The van der Waals surface area contributed by atoms with Gasteiger partial charge in [-0.25, -0.2) is 30.6 Å². The van der Waals surface area contributed by atoms with Gasteiger partial charge in [0.1, 0.15) is 32.5 Å². The topological polar surface area (TPSA) is 93.2 Å². The van der Waals surface area contributed by atoms with Crippen LogP contribution in [0.1, 0.15) is 16.4 Å². The molecule has 0 saturated heterocycles. The van der Waals surface area contributed by atoms with Gasteiger partial charge in [0, 0.05) is 29.6 Å². The van der Waals surface area contributed by atoms with Gasteiger partial charge in [0.2, 0.25) is 0 Å². The highest BCUT2D eigenvalue weighted by molar-refractivity contribution is 7.92. The molecule has 32 heavy (non-hydrogen) atoms. The van der Waals surface area contributed by atoms with E-state index in [1.54, 1.807) is 0 Å². The second-order valence-electron chi connectivity index (χ2n) is 7.08. The fraction of sp³-hybridized carbons (Fsp3) is 0.190. The Hall–Kier alpha value is -2.56. The van der Waals surface area contributed by atoms with E-state index < -0.39 is 36.6 Å². The van der Waals surface area contributed by atoms with Crippen LogP contribution >= 0.6 is 11.6 Å². The zero-order valence-electron chi connectivity index (χ0n) is 16.8. The lowest BCUT2D eigenvalue weighted by molar-refractivity contribution is 0.569. The fourth-order valence-electron chi connectivity index (χ4n) is 3.03. The van der Waals surface area contributed by atoms with Gasteiger partial charge in [0.05, 0.1) is 10.6 Å². The third-order valence-electron chi connectivity index (χ3n) is 4.56. The number of sulfone groups is 2. The summed E-state index contributed by atoms with van der Waals surface area (Å²) >= 11 is 5.85. The molecule has 0 aliphatic carbocycles. The number of aromatic nitrogens is 1. The smallest absolute Gasteiger partial charge is 0.189 e. The van der Waals surface area contributed by atoms with Crippen molar-refractivity contribution in [3.05, 3.63) is 88.6 Å². The highest BCUT2D eigenvalue weighted by atomic mass is 35.5. The minimum Gasteiger partial charge on any atom is -0.369 e. The Balaban J connectivity index is 2.03. The highest BCUT2D eigenvalue weighted by Gasteiger charge is 2.33. The first kappa shape index (κ1) is 24.1. The van der Waals surface area contributed by atoms with Crippen LogP contribution in [0.4, 0.5) is 14.6 Å². The first-order valence-electron chi connectivity index (χ1n) is 9.29. The van der Waals surface area contributed by atoms with Crippen LogP contribution < -0.4 is 5.32 Å². The summed E-state index contributed by atoms with van der Waals surface area (Å²) in [6.07, 6.45) is 2.33. The number of anilines is 1. The molecule has 3 aromatic rings. The lowest BCUT2D eigenvalue weighted by Gasteiger charge is -2.20. The average Bonchev–Trinajstić information content (AvgIpc) is 2.71. The van der Waals surface area contributed by atoms with Crippen LogP contribution in [0, 0.1) is 11.6 Å². The predicted octanol–water partition coefficient (Wildman–Crippen LogP) is 4.03. The normalized spacial score (nSPS) is 13.0. The third-order valence-corrected chi connectivity index (χ3v) is 7.83. The molecular weight excluding hydrogens is 482 g/mol. The molecule has 1 atom stereocenters. The summed E-state index contributed by atoms with van der Waals surface area (Å²) in [5, 5.41) is 1.57. The third kappa shape index (κ3) is 5.81. The number of halogens is 3. The van der Waals surface area contributed by atoms with Crippen molar-refractivity contribution in [1.29, 1.82) is 0 Å². The summed E-state index contributed by atoms with van der Waals surface area (Å²) in [5.41, 5.74) is -0.252. The van der Waals surface area contributed by atoms with Crippen LogP contribution in [0.5, 0.6) is 0 Å². The van der Waals surface area contributed by atoms with Crippen LogP contribution in [0.15, 0.2) is 65.7 Å². The van der Waals surface area contributed by atoms with Crippen LogP contribution in [0.25, 0.3) is 0 Å². The Morgan fingerprint density at radius 1 is 1.00 bits per heavy atom. The summed E-state index contributed by atoms with van der Waals surface area (Å²) in [6.45, 7) is 0.107. The summed E-state index contributed by atoms with van der Waals surface area (Å²) < 4.78 is 77.9. The van der Waals surface area contributed by atoms with Gasteiger partial charge in [0.25, 0.3) is 0 Å². The summed E-state index contributed by atoms with van der Waals surface area (Å²) in [4.78, 5) is 3.99.